The lowest BCUT2D eigenvalue weighted by Gasteiger charge is -2.16. The second-order valence-electron chi connectivity index (χ2n) is 6.34. The van der Waals surface area contributed by atoms with Crippen LogP contribution in [0.3, 0.4) is 0 Å². The van der Waals surface area contributed by atoms with E-state index < -0.39 is 42.2 Å². The first kappa shape index (κ1) is 22.7. The van der Waals surface area contributed by atoms with Crippen LogP contribution in [0.15, 0.2) is 54.6 Å². The normalized spacial score (nSPS) is 12.0. The molecular formula is C20H20F3N3O4. The number of halogens is 3. The Morgan fingerprint density at radius 2 is 1.60 bits per heavy atom. The van der Waals surface area contributed by atoms with Crippen molar-refractivity contribution in [3.05, 3.63) is 71.3 Å². The largest absolute Gasteiger partial charge is 0.445 e. The molecule has 0 bridgehead atoms. The van der Waals surface area contributed by atoms with Gasteiger partial charge in [-0.15, -0.1) is 0 Å². The summed E-state index contributed by atoms with van der Waals surface area (Å²) in [5, 5.41) is 4.57. The summed E-state index contributed by atoms with van der Waals surface area (Å²) in [7, 11) is 0. The molecule has 2 aromatic rings. The standard InChI is InChI=1S/C20H20F3N3O4/c21-20(22,23)15-8-6-13(7-9-15)10-16(18(24)28)26-17(27)11-25-19(29)30-12-14-4-2-1-3-5-14/h1-9,16H,10-12H2,(H2,24,28)(H,25,29)(H,26,27)/t16-/m1/s1. The Morgan fingerprint density at radius 3 is 2.17 bits per heavy atom. The van der Waals surface area contributed by atoms with Gasteiger partial charge in [0.2, 0.25) is 11.8 Å². The lowest BCUT2D eigenvalue weighted by Crippen LogP contribution is -2.49. The van der Waals surface area contributed by atoms with Crippen LogP contribution in [0.4, 0.5) is 18.0 Å². The van der Waals surface area contributed by atoms with E-state index in [0.29, 0.717) is 5.56 Å². The molecule has 4 N–H and O–H groups in total. The van der Waals surface area contributed by atoms with Gasteiger partial charge in [0.05, 0.1) is 5.56 Å². The summed E-state index contributed by atoms with van der Waals surface area (Å²) in [5.74, 6) is -1.57. The number of hydrogen-bond acceptors (Lipinski definition) is 4. The SMILES string of the molecule is NC(=O)[C@@H](Cc1ccc(C(F)(F)F)cc1)NC(=O)CNC(=O)OCc1ccccc1. The summed E-state index contributed by atoms with van der Waals surface area (Å²) >= 11 is 0. The highest BCUT2D eigenvalue weighted by molar-refractivity contribution is 5.88. The number of rotatable bonds is 8. The van der Waals surface area contributed by atoms with Crippen molar-refractivity contribution < 1.29 is 32.3 Å². The fourth-order valence-electron chi connectivity index (χ4n) is 2.46. The summed E-state index contributed by atoms with van der Waals surface area (Å²) in [6.45, 7) is -0.448. The number of alkyl halides is 3. The minimum absolute atomic E-state index is 0.0200. The molecule has 2 rings (SSSR count). The molecule has 0 radical (unpaired) electrons. The van der Waals surface area contributed by atoms with Crippen molar-refractivity contribution in [3.8, 4) is 0 Å². The molecule has 7 nitrogen and oxygen atoms in total. The van der Waals surface area contributed by atoms with Gasteiger partial charge in [-0.1, -0.05) is 42.5 Å². The molecule has 0 aliphatic carbocycles. The number of nitrogens with two attached hydrogens (primary N) is 1. The Labute approximate surface area is 170 Å². The topological polar surface area (TPSA) is 111 Å². The minimum Gasteiger partial charge on any atom is -0.445 e. The molecule has 3 amide bonds. The first-order chi connectivity index (χ1) is 14.1. The van der Waals surface area contributed by atoms with Crippen LogP contribution in [-0.2, 0) is 33.5 Å². The molecule has 0 fully saturated rings. The number of nitrogens with one attached hydrogen (secondary N) is 2. The molecule has 10 heteroatoms. The van der Waals surface area contributed by atoms with Crippen molar-refractivity contribution in [2.24, 2.45) is 5.73 Å². The van der Waals surface area contributed by atoms with Gasteiger partial charge < -0.3 is 21.1 Å². The number of ether oxygens (including phenoxy) is 1. The van der Waals surface area contributed by atoms with Crippen LogP contribution >= 0.6 is 0 Å². The van der Waals surface area contributed by atoms with Gasteiger partial charge in [-0.3, -0.25) is 9.59 Å². The molecule has 30 heavy (non-hydrogen) atoms. The molecule has 0 spiro atoms. The summed E-state index contributed by atoms with van der Waals surface area (Å²) in [6.07, 6.45) is -5.40. The average molecular weight is 423 g/mol. The summed E-state index contributed by atoms with van der Waals surface area (Å²) < 4.78 is 42.8. The smallest absolute Gasteiger partial charge is 0.416 e. The van der Waals surface area contributed by atoms with E-state index in [9.17, 15) is 27.6 Å². The summed E-state index contributed by atoms with van der Waals surface area (Å²) in [6, 6.07) is 11.9. The second-order valence-corrected chi connectivity index (χ2v) is 6.34. The Hall–Kier alpha value is -3.56. The lowest BCUT2D eigenvalue weighted by atomic mass is 10.0. The number of hydrogen-bond donors (Lipinski definition) is 3. The van der Waals surface area contributed by atoms with E-state index in [1.165, 1.54) is 12.1 Å². The van der Waals surface area contributed by atoms with E-state index in [1.54, 1.807) is 24.3 Å². The van der Waals surface area contributed by atoms with E-state index in [1.807, 2.05) is 6.07 Å². The summed E-state index contributed by atoms with van der Waals surface area (Å²) in [4.78, 5) is 35.2. The van der Waals surface area contributed by atoms with Crippen molar-refractivity contribution in [1.82, 2.24) is 10.6 Å². The maximum Gasteiger partial charge on any atom is 0.416 e. The third kappa shape index (κ3) is 7.46. The van der Waals surface area contributed by atoms with Crippen LogP contribution in [0.1, 0.15) is 16.7 Å². The highest BCUT2D eigenvalue weighted by Crippen LogP contribution is 2.29. The number of carbonyl (C=O) groups excluding carboxylic acids is 3. The highest BCUT2D eigenvalue weighted by Gasteiger charge is 2.30. The highest BCUT2D eigenvalue weighted by atomic mass is 19.4. The van der Waals surface area contributed by atoms with Crippen molar-refractivity contribution in [1.29, 1.82) is 0 Å². The first-order valence-corrected chi connectivity index (χ1v) is 8.84. The van der Waals surface area contributed by atoms with E-state index in [2.05, 4.69) is 10.6 Å². The van der Waals surface area contributed by atoms with Crippen LogP contribution in [0, 0.1) is 0 Å². The zero-order valence-electron chi connectivity index (χ0n) is 15.7. The Bertz CT molecular complexity index is 871. The third-order valence-electron chi connectivity index (χ3n) is 4.01. The predicted octanol–water partition coefficient (Wildman–Crippen LogP) is 2.14. The molecule has 2 aromatic carbocycles. The summed E-state index contributed by atoms with van der Waals surface area (Å²) in [5.41, 5.74) is 5.57. The van der Waals surface area contributed by atoms with Gasteiger partial charge >= 0.3 is 12.3 Å². The quantitative estimate of drug-likeness (QED) is 0.604. The average Bonchev–Trinajstić information content (AvgIpc) is 2.70. The lowest BCUT2D eigenvalue weighted by molar-refractivity contribution is -0.137. The second kappa shape index (κ2) is 10.3. The molecule has 0 saturated heterocycles. The van der Waals surface area contributed by atoms with E-state index >= 15 is 0 Å². The molecule has 0 heterocycles. The number of primary amides is 1. The third-order valence-corrected chi connectivity index (χ3v) is 4.01. The fourth-order valence-corrected chi connectivity index (χ4v) is 2.46. The molecule has 1 atom stereocenters. The van der Waals surface area contributed by atoms with Crippen molar-refractivity contribution in [3.63, 3.8) is 0 Å². The zero-order valence-corrected chi connectivity index (χ0v) is 15.7. The van der Waals surface area contributed by atoms with Crippen LogP contribution in [0.5, 0.6) is 0 Å². The molecule has 0 unspecified atom stereocenters. The van der Waals surface area contributed by atoms with Gasteiger partial charge in [0.25, 0.3) is 0 Å². The first-order valence-electron chi connectivity index (χ1n) is 8.84. The van der Waals surface area contributed by atoms with Crippen LogP contribution in [-0.4, -0.2) is 30.5 Å². The monoisotopic (exact) mass is 423 g/mol. The molecule has 160 valence electrons. The molecule has 0 aliphatic rings. The van der Waals surface area contributed by atoms with Gasteiger partial charge in [0.15, 0.2) is 0 Å². The Balaban J connectivity index is 1.82. The van der Waals surface area contributed by atoms with Crippen LogP contribution < -0.4 is 16.4 Å². The number of alkyl carbamates (subject to hydrolysis) is 1. The van der Waals surface area contributed by atoms with Crippen molar-refractivity contribution >= 4 is 17.9 Å². The molecule has 0 aromatic heterocycles. The molecule has 0 saturated carbocycles. The van der Waals surface area contributed by atoms with E-state index in [4.69, 9.17) is 10.5 Å². The maximum absolute atomic E-state index is 12.6. The van der Waals surface area contributed by atoms with Crippen molar-refractivity contribution in [2.45, 2.75) is 25.2 Å². The van der Waals surface area contributed by atoms with Gasteiger partial charge in [0, 0.05) is 6.42 Å². The van der Waals surface area contributed by atoms with Gasteiger partial charge in [-0.05, 0) is 23.3 Å². The maximum atomic E-state index is 12.6. The van der Waals surface area contributed by atoms with Crippen LogP contribution in [0.25, 0.3) is 0 Å². The van der Waals surface area contributed by atoms with Gasteiger partial charge in [0.1, 0.15) is 19.2 Å². The number of carbonyl (C=O) groups is 3. The Morgan fingerprint density at radius 1 is 0.967 bits per heavy atom. The minimum atomic E-state index is -4.48. The Kier molecular flexibility index (Phi) is 7.79. The van der Waals surface area contributed by atoms with Gasteiger partial charge in [-0.25, -0.2) is 4.79 Å². The zero-order chi connectivity index (χ0) is 22.1. The van der Waals surface area contributed by atoms with Crippen LogP contribution in [0.2, 0.25) is 0 Å². The van der Waals surface area contributed by atoms with Crippen molar-refractivity contribution in [2.75, 3.05) is 6.54 Å². The van der Waals surface area contributed by atoms with Gasteiger partial charge in [-0.2, -0.15) is 13.2 Å². The fraction of sp³-hybridized carbons (Fsp3) is 0.250. The number of amides is 3. The van der Waals surface area contributed by atoms with E-state index in [0.717, 1.165) is 17.7 Å². The molecular weight excluding hydrogens is 403 g/mol. The predicted molar refractivity (Wildman–Crippen MR) is 101 cm³/mol. The van der Waals surface area contributed by atoms with E-state index in [-0.39, 0.29) is 13.0 Å². The number of benzene rings is 2. The molecule has 0 aliphatic heterocycles.